The van der Waals surface area contributed by atoms with Crippen molar-refractivity contribution in [1.82, 2.24) is 4.90 Å². The number of ether oxygens (including phenoxy) is 1. The van der Waals surface area contributed by atoms with Crippen LogP contribution in [0.2, 0.25) is 5.02 Å². The normalized spacial score (nSPS) is 23.0. The third-order valence-electron chi connectivity index (χ3n) is 3.83. The van der Waals surface area contributed by atoms with Crippen molar-refractivity contribution in [1.29, 1.82) is 0 Å². The van der Waals surface area contributed by atoms with Crippen molar-refractivity contribution in [2.24, 2.45) is 0 Å². The molecule has 5 heteroatoms. The lowest BCUT2D eigenvalue weighted by Gasteiger charge is -2.31. The second-order valence-corrected chi connectivity index (χ2v) is 6.17. The number of halogens is 1. The summed E-state index contributed by atoms with van der Waals surface area (Å²) in [5, 5.41) is 20.4. The number of hydrogen-bond donors (Lipinski definition) is 2. The van der Waals surface area contributed by atoms with Gasteiger partial charge in [-0.2, -0.15) is 0 Å². The van der Waals surface area contributed by atoms with Crippen LogP contribution >= 0.6 is 11.6 Å². The van der Waals surface area contributed by atoms with Gasteiger partial charge in [-0.3, -0.25) is 4.90 Å². The van der Waals surface area contributed by atoms with E-state index < -0.39 is 6.10 Å². The van der Waals surface area contributed by atoms with Crippen LogP contribution in [0.5, 0.6) is 0 Å². The van der Waals surface area contributed by atoms with E-state index in [4.69, 9.17) is 16.3 Å². The molecule has 0 aliphatic carbocycles. The highest BCUT2D eigenvalue weighted by atomic mass is 35.5. The molecule has 0 aromatic heterocycles. The Balaban J connectivity index is 1.72. The van der Waals surface area contributed by atoms with Crippen LogP contribution in [0.15, 0.2) is 24.3 Å². The second kappa shape index (κ2) is 8.11. The Labute approximate surface area is 131 Å². The molecule has 3 atom stereocenters. The molecule has 21 heavy (non-hydrogen) atoms. The van der Waals surface area contributed by atoms with E-state index in [9.17, 15) is 10.2 Å². The predicted octanol–water partition coefficient (Wildman–Crippen LogP) is 2.24. The van der Waals surface area contributed by atoms with Gasteiger partial charge in [-0.05, 0) is 44.0 Å². The quantitative estimate of drug-likeness (QED) is 0.845. The molecule has 2 N–H and O–H groups in total. The zero-order valence-electron chi connectivity index (χ0n) is 12.4. The Morgan fingerprint density at radius 1 is 1.38 bits per heavy atom. The Morgan fingerprint density at radius 2 is 2.10 bits per heavy atom. The molecule has 118 valence electrons. The smallest absolute Gasteiger partial charge is 0.0900 e. The monoisotopic (exact) mass is 313 g/mol. The van der Waals surface area contributed by atoms with Crippen LogP contribution in [0.1, 0.15) is 31.4 Å². The minimum atomic E-state index is -0.537. The first-order valence-electron chi connectivity index (χ1n) is 7.50. The number of aliphatic hydroxyl groups excluding tert-OH is 2. The molecule has 1 aromatic rings. The Hall–Kier alpha value is -0.650. The fourth-order valence-electron chi connectivity index (χ4n) is 2.63. The summed E-state index contributed by atoms with van der Waals surface area (Å²) in [6, 6.07) is 7.53. The van der Waals surface area contributed by atoms with Crippen molar-refractivity contribution in [3.05, 3.63) is 34.9 Å². The third-order valence-corrected chi connectivity index (χ3v) is 4.08. The molecule has 1 fully saturated rings. The van der Waals surface area contributed by atoms with Crippen molar-refractivity contribution in [2.45, 2.75) is 38.1 Å². The van der Waals surface area contributed by atoms with E-state index in [0.717, 1.165) is 24.9 Å². The first-order valence-corrected chi connectivity index (χ1v) is 7.88. The van der Waals surface area contributed by atoms with Gasteiger partial charge in [0, 0.05) is 18.1 Å². The predicted molar refractivity (Wildman–Crippen MR) is 83.5 cm³/mol. The largest absolute Gasteiger partial charge is 0.392 e. The van der Waals surface area contributed by atoms with Gasteiger partial charge >= 0.3 is 0 Å². The Kier molecular flexibility index (Phi) is 6.45. The number of benzene rings is 1. The van der Waals surface area contributed by atoms with Crippen molar-refractivity contribution >= 4 is 11.6 Å². The molecule has 1 aliphatic rings. The number of rotatable bonds is 6. The summed E-state index contributed by atoms with van der Waals surface area (Å²) in [5.74, 6) is 0. The summed E-state index contributed by atoms with van der Waals surface area (Å²) in [4.78, 5) is 2.09. The maximum atomic E-state index is 10.1. The summed E-state index contributed by atoms with van der Waals surface area (Å²) < 4.78 is 5.72. The van der Waals surface area contributed by atoms with Crippen molar-refractivity contribution in [2.75, 3.05) is 26.2 Å². The fraction of sp³-hybridized carbons (Fsp3) is 0.625. The van der Waals surface area contributed by atoms with Gasteiger partial charge in [-0.15, -0.1) is 0 Å². The highest BCUT2D eigenvalue weighted by Gasteiger charge is 2.20. The van der Waals surface area contributed by atoms with Crippen LogP contribution in [-0.2, 0) is 4.74 Å². The topological polar surface area (TPSA) is 52.9 Å². The fourth-order valence-corrected chi connectivity index (χ4v) is 2.76. The van der Waals surface area contributed by atoms with Gasteiger partial charge in [-0.25, -0.2) is 0 Å². The van der Waals surface area contributed by atoms with Crippen LogP contribution < -0.4 is 0 Å². The zero-order valence-corrected chi connectivity index (χ0v) is 13.2. The summed E-state index contributed by atoms with van der Waals surface area (Å²) in [7, 11) is 0. The van der Waals surface area contributed by atoms with Crippen molar-refractivity contribution in [3.63, 3.8) is 0 Å². The average Bonchev–Trinajstić information content (AvgIpc) is 2.45. The molecule has 0 saturated carbocycles. The van der Waals surface area contributed by atoms with Gasteiger partial charge in [0.1, 0.15) is 0 Å². The number of nitrogens with zero attached hydrogens (tertiary/aromatic N) is 1. The van der Waals surface area contributed by atoms with E-state index in [0.29, 0.717) is 18.1 Å². The molecule has 1 aliphatic heterocycles. The van der Waals surface area contributed by atoms with Gasteiger partial charge in [0.25, 0.3) is 0 Å². The Morgan fingerprint density at radius 3 is 2.76 bits per heavy atom. The van der Waals surface area contributed by atoms with Crippen molar-refractivity contribution in [3.8, 4) is 0 Å². The third kappa shape index (κ3) is 5.57. The lowest BCUT2D eigenvalue weighted by Crippen LogP contribution is -2.43. The average molecular weight is 314 g/mol. The highest BCUT2D eigenvalue weighted by molar-refractivity contribution is 6.30. The van der Waals surface area contributed by atoms with Gasteiger partial charge in [0.2, 0.25) is 0 Å². The number of hydrogen-bond acceptors (Lipinski definition) is 4. The van der Waals surface area contributed by atoms with Crippen LogP contribution in [0.3, 0.4) is 0 Å². The van der Waals surface area contributed by atoms with Crippen LogP contribution in [0, 0.1) is 0 Å². The van der Waals surface area contributed by atoms with E-state index in [1.807, 2.05) is 31.2 Å². The van der Waals surface area contributed by atoms with E-state index in [-0.39, 0.29) is 18.8 Å². The van der Waals surface area contributed by atoms with E-state index in [1.54, 1.807) is 0 Å². The summed E-state index contributed by atoms with van der Waals surface area (Å²) >= 11 is 5.86. The summed E-state index contributed by atoms with van der Waals surface area (Å²) in [6.07, 6.45) is 0.959. The summed E-state index contributed by atoms with van der Waals surface area (Å²) in [5.41, 5.74) is 1.04. The molecular formula is C16H24ClNO3. The van der Waals surface area contributed by atoms with Gasteiger partial charge in [0.05, 0.1) is 24.9 Å². The minimum Gasteiger partial charge on any atom is -0.392 e. The lowest BCUT2D eigenvalue weighted by molar-refractivity contribution is -0.0262. The summed E-state index contributed by atoms with van der Waals surface area (Å²) in [6.45, 7) is 4.37. The van der Waals surface area contributed by atoms with Gasteiger partial charge < -0.3 is 14.9 Å². The lowest BCUT2D eigenvalue weighted by atomic mass is 10.1. The van der Waals surface area contributed by atoms with Gasteiger partial charge in [0.15, 0.2) is 0 Å². The first kappa shape index (κ1) is 16.7. The number of likely N-dealkylation sites (tertiary alicyclic amines) is 1. The van der Waals surface area contributed by atoms with Crippen LogP contribution in [-0.4, -0.2) is 53.6 Å². The number of β-amino-alcohol motifs (C(OH)–C–C–N with tert-alkyl or cyclic N) is 2. The second-order valence-electron chi connectivity index (χ2n) is 5.74. The minimum absolute atomic E-state index is 0.0798. The number of aliphatic hydroxyl groups is 2. The molecule has 2 rings (SSSR count). The molecule has 0 bridgehead atoms. The van der Waals surface area contributed by atoms with Gasteiger partial charge in [-0.1, -0.05) is 23.7 Å². The van der Waals surface area contributed by atoms with E-state index in [1.165, 1.54) is 0 Å². The van der Waals surface area contributed by atoms with Crippen LogP contribution in [0.4, 0.5) is 0 Å². The SMILES string of the molecule is C[C@@H](OC[C@H](O)CN1CCC[C@H](O)C1)c1ccc(Cl)cc1. The molecular weight excluding hydrogens is 290 g/mol. The molecule has 0 amide bonds. The highest BCUT2D eigenvalue weighted by Crippen LogP contribution is 2.19. The van der Waals surface area contributed by atoms with Crippen LogP contribution in [0.25, 0.3) is 0 Å². The maximum Gasteiger partial charge on any atom is 0.0900 e. The van der Waals surface area contributed by atoms with Crippen molar-refractivity contribution < 1.29 is 14.9 Å². The molecule has 1 heterocycles. The molecule has 4 nitrogen and oxygen atoms in total. The Bertz CT molecular complexity index is 426. The van der Waals surface area contributed by atoms with E-state index in [2.05, 4.69) is 4.90 Å². The molecule has 1 aromatic carbocycles. The maximum absolute atomic E-state index is 10.1. The molecule has 0 unspecified atom stereocenters. The van der Waals surface area contributed by atoms with E-state index >= 15 is 0 Å². The number of piperidine rings is 1. The first-order chi connectivity index (χ1) is 10.0. The molecule has 0 radical (unpaired) electrons. The molecule has 0 spiro atoms. The zero-order chi connectivity index (χ0) is 15.2. The standard InChI is InChI=1S/C16H24ClNO3/c1-12(13-4-6-14(17)7-5-13)21-11-16(20)10-18-8-2-3-15(19)9-18/h4-7,12,15-16,19-20H,2-3,8-11H2,1H3/t12-,15+,16-/m1/s1. The molecule has 1 saturated heterocycles.